The average molecular weight is 360 g/mol. The Morgan fingerprint density at radius 3 is 2.20 bits per heavy atom. The minimum absolute atomic E-state index is 0.107. The first-order valence-electron chi connectivity index (χ1n) is 7.54. The fraction of sp³-hybridized carbons (Fsp3) is 0.176. The number of carbonyl (C=O) groups is 1. The number of sulfonamides is 1. The lowest BCUT2D eigenvalue weighted by Gasteiger charge is -2.14. The Labute approximate surface area is 146 Å². The molecule has 0 aliphatic rings. The van der Waals surface area contributed by atoms with Gasteiger partial charge >= 0.3 is 0 Å². The third-order valence-electron chi connectivity index (χ3n) is 3.72. The van der Waals surface area contributed by atoms with Crippen molar-refractivity contribution in [2.75, 3.05) is 0 Å². The minimum Gasteiger partial charge on any atom is -0.370 e. The molecule has 2 aromatic carbocycles. The smallest absolute Gasteiger partial charge is 0.280 e. The summed E-state index contributed by atoms with van der Waals surface area (Å²) in [6.07, 6.45) is 0.491. The second-order valence-corrected chi connectivity index (χ2v) is 7.14. The molecule has 8 heteroatoms. The molecule has 0 fully saturated rings. The maximum absolute atomic E-state index is 12.2. The number of aryl methyl sites for hydroxylation is 2. The Morgan fingerprint density at radius 1 is 1.12 bits per heavy atom. The van der Waals surface area contributed by atoms with Crippen LogP contribution in [0.2, 0.25) is 0 Å². The van der Waals surface area contributed by atoms with Crippen molar-refractivity contribution >= 4 is 21.9 Å². The highest BCUT2D eigenvalue weighted by atomic mass is 32.2. The van der Waals surface area contributed by atoms with Gasteiger partial charge in [-0.1, -0.05) is 36.8 Å². The summed E-state index contributed by atoms with van der Waals surface area (Å²) >= 11 is 0. The van der Waals surface area contributed by atoms with E-state index in [1.165, 1.54) is 6.07 Å². The number of aliphatic imine (C=N–C) groups is 1. The summed E-state index contributed by atoms with van der Waals surface area (Å²) in [5, 5.41) is 5.36. The molecule has 2 rings (SSSR count). The predicted octanol–water partition coefficient (Wildman–Crippen LogP) is 1.29. The van der Waals surface area contributed by atoms with E-state index in [4.69, 9.17) is 16.6 Å². The van der Waals surface area contributed by atoms with E-state index in [0.717, 1.165) is 5.56 Å². The molecule has 25 heavy (non-hydrogen) atoms. The van der Waals surface area contributed by atoms with Crippen LogP contribution in [0.3, 0.4) is 0 Å². The number of rotatable bonds is 4. The first-order chi connectivity index (χ1) is 11.6. The van der Waals surface area contributed by atoms with Crippen LogP contribution in [-0.4, -0.2) is 20.3 Å². The van der Waals surface area contributed by atoms with Crippen LogP contribution in [-0.2, 0) is 16.4 Å². The van der Waals surface area contributed by atoms with Gasteiger partial charge in [-0.05, 0) is 36.6 Å². The highest BCUT2D eigenvalue weighted by Gasteiger charge is 2.21. The lowest BCUT2D eigenvalue weighted by molar-refractivity contribution is 0.100. The maximum Gasteiger partial charge on any atom is 0.280 e. The van der Waals surface area contributed by atoms with Gasteiger partial charge in [0.15, 0.2) is 5.96 Å². The van der Waals surface area contributed by atoms with Gasteiger partial charge in [0.2, 0.25) is 10.0 Å². The molecule has 0 radical (unpaired) electrons. The highest BCUT2D eigenvalue weighted by Crippen LogP contribution is 2.31. The molecule has 0 saturated carbocycles. The fourth-order valence-corrected chi connectivity index (χ4v) is 3.25. The van der Waals surface area contributed by atoms with Crippen molar-refractivity contribution in [2.45, 2.75) is 25.2 Å². The molecule has 0 aliphatic heterocycles. The summed E-state index contributed by atoms with van der Waals surface area (Å²) in [7, 11) is -4.06. The third kappa shape index (κ3) is 4.23. The number of hydrogen-bond donors (Lipinski definition) is 3. The molecule has 0 aromatic heterocycles. The zero-order chi connectivity index (χ0) is 18.8. The number of amides is 1. The minimum atomic E-state index is -4.06. The molecule has 7 nitrogen and oxygen atoms in total. The van der Waals surface area contributed by atoms with Crippen LogP contribution in [0.5, 0.6) is 0 Å². The van der Waals surface area contributed by atoms with Gasteiger partial charge in [-0.15, -0.1) is 0 Å². The molecular formula is C17H20N4O3S. The third-order valence-corrected chi connectivity index (χ3v) is 4.67. The van der Waals surface area contributed by atoms with E-state index in [9.17, 15) is 13.2 Å². The second-order valence-electron chi connectivity index (χ2n) is 5.61. The first kappa shape index (κ1) is 18.6. The number of nitrogens with two attached hydrogens (primary N) is 3. The lowest BCUT2D eigenvalue weighted by atomic mass is 9.96. The summed E-state index contributed by atoms with van der Waals surface area (Å²) in [4.78, 5) is 15.6. The molecule has 6 N–H and O–H groups in total. The average Bonchev–Trinajstić information content (AvgIpc) is 2.52. The molecule has 0 saturated heterocycles. The van der Waals surface area contributed by atoms with Crippen molar-refractivity contribution in [3.8, 4) is 11.1 Å². The Kier molecular flexibility index (Phi) is 5.24. The Bertz CT molecular complexity index is 945. The van der Waals surface area contributed by atoms with Crippen LogP contribution in [0.4, 0.5) is 0 Å². The monoisotopic (exact) mass is 360 g/mol. The predicted molar refractivity (Wildman–Crippen MR) is 97.5 cm³/mol. The zero-order valence-electron chi connectivity index (χ0n) is 14.0. The number of nitrogens with zero attached hydrogens (tertiary/aromatic N) is 1. The van der Waals surface area contributed by atoms with Gasteiger partial charge in [-0.3, -0.25) is 4.79 Å². The van der Waals surface area contributed by atoms with Gasteiger partial charge < -0.3 is 11.5 Å². The van der Waals surface area contributed by atoms with Crippen molar-refractivity contribution in [1.82, 2.24) is 0 Å². The second kappa shape index (κ2) is 7.04. The van der Waals surface area contributed by atoms with E-state index in [-0.39, 0.29) is 10.5 Å². The van der Waals surface area contributed by atoms with Crippen LogP contribution in [0.15, 0.2) is 46.3 Å². The molecule has 0 spiro atoms. The van der Waals surface area contributed by atoms with Crippen molar-refractivity contribution in [3.63, 3.8) is 0 Å². The number of primary sulfonamides is 1. The van der Waals surface area contributed by atoms with Gasteiger partial charge in [-0.25, -0.2) is 13.6 Å². The van der Waals surface area contributed by atoms with Crippen molar-refractivity contribution in [3.05, 3.63) is 53.1 Å². The number of hydrogen-bond acceptors (Lipinski definition) is 3. The zero-order valence-corrected chi connectivity index (χ0v) is 14.8. The van der Waals surface area contributed by atoms with Gasteiger partial charge in [0.25, 0.3) is 5.91 Å². The molecule has 0 atom stereocenters. The van der Waals surface area contributed by atoms with Crippen LogP contribution < -0.4 is 16.6 Å². The topological polar surface area (TPSA) is 142 Å². The molecular weight excluding hydrogens is 340 g/mol. The van der Waals surface area contributed by atoms with E-state index in [1.807, 2.05) is 26.0 Å². The van der Waals surface area contributed by atoms with Crippen LogP contribution in [0, 0.1) is 6.92 Å². The molecule has 0 bridgehead atoms. The van der Waals surface area contributed by atoms with Crippen LogP contribution in [0.25, 0.3) is 11.1 Å². The van der Waals surface area contributed by atoms with Gasteiger partial charge in [-0.2, -0.15) is 4.99 Å². The van der Waals surface area contributed by atoms with Gasteiger partial charge in [0, 0.05) is 11.1 Å². The van der Waals surface area contributed by atoms with Gasteiger partial charge in [0.1, 0.15) is 0 Å². The number of carbonyl (C=O) groups excluding carboxylic acids is 1. The van der Waals surface area contributed by atoms with E-state index in [2.05, 4.69) is 4.99 Å². The summed E-state index contributed by atoms with van der Waals surface area (Å²) in [6, 6.07) is 10.2. The fourth-order valence-electron chi connectivity index (χ4n) is 2.49. The standard InChI is InChI=1S/C17H20N4O3S/c1-3-11-8-13(12-6-4-10(2)5-7-12)15(25(20,23)24)9-14(11)16(22)21-17(18)19/h4-9H,3H2,1-2H3,(H2,20,23,24)(H4,18,19,21,22). The summed E-state index contributed by atoms with van der Waals surface area (Å²) in [5.74, 6) is -1.11. The number of guanidine groups is 1. The molecule has 2 aromatic rings. The Hall–Kier alpha value is -2.71. The lowest BCUT2D eigenvalue weighted by Crippen LogP contribution is -2.24. The SMILES string of the molecule is CCc1cc(-c2ccc(C)cc2)c(S(N)(=O)=O)cc1C(=O)N=C(N)N. The van der Waals surface area contributed by atoms with Crippen molar-refractivity contribution < 1.29 is 13.2 Å². The Balaban J connectivity index is 2.79. The van der Waals surface area contributed by atoms with Gasteiger partial charge in [0.05, 0.1) is 4.90 Å². The highest BCUT2D eigenvalue weighted by molar-refractivity contribution is 7.89. The van der Waals surface area contributed by atoms with Crippen LogP contribution >= 0.6 is 0 Å². The summed E-state index contributed by atoms with van der Waals surface area (Å²) in [6.45, 7) is 3.77. The Morgan fingerprint density at radius 2 is 1.72 bits per heavy atom. The molecule has 0 aliphatic carbocycles. The molecule has 0 unspecified atom stereocenters. The maximum atomic E-state index is 12.2. The van der Waals surface area contributed by atoms with Crippen molar-refractivity contribution in [1.29, 1.82) is 0 Å². The quantitative estimate of drug-likeness (QED) is 0.556. The van der Waals surface area contributed by atoms with Crippen molar-refractivity contribution in [2.24, 2.45) is 21.6 Å². The van der Waals surface area contributed by atoms with E-state index < -0.39 is 21.9 Å². The molecule has 1 amide bonds. The van der Waals surface area contributed by atoms with Crippen LogP contribution in [0.1, 0.15) is 28.4 Å². The molecule has 132 valence electrons. The molecule has 0 heterocycles. The first-order valence-corrected chi connectivity index (χ1v) is 9.08. The normalized spacial score (nSPS) is 11.2. The van der Waals surface area contributed by atoms with E-state index >= 15 is 0 Å². The summed E-state index contributed by atoms with van der Waals surface area (Å²) < 4.78 is 24.1. The largest absolute Gasteiger partial charge is 0.370 e. The number of benzene rings is 2. The van der Waals surface area contributed by atoms with E-state index in [1.54, 1.807) is 18.2 Å². The van der Waals surface area contributed by atoms with E-state index in [0.29, 0.717) is 23.1 Å². The summed E-state index contributed by atoms with van der Waals surface area (Å²) in [5.41, 5.74) is 13.4.